The molecule has 0 radical (unpaired) electrons. The van der Waals surface area contributed by atoms with Crippen molar-refractivity contribution in [2.45, 2.75) is 13.5 Å². The highest BCUT2D eigenvalue weighted by molar-refractivity contribution is 5.64. The van der Waals surface area contributed by atoms with Gasteiger partial charge < -0.3 is 0 Å². The summed E-state index contributed by atoms with van der Waals surface area (Å²) in [6, 6.07) is 7.87. The third kappa shape index (κ3) is 2.28. The van der Waals surface area contributed by atoms with Gasteiger partial charge in [0.1, 0.15) is 17.6 Å². The largest absolute Gasteiger partial charge is 0.239 e. The van der Waals surface area contributed by atoms with Crippen LogP contribution < -0.4 is 0 Å². The summed E-state index contributed by atoms with van der Waals surface area (Å²) in [6.45, 7) is 6.14. The molecule has 0 aliphatic rings. The van der Waals surface area contributed by atoms with Crippen LogP contribution in [-0.2, 0) is 6.54 Å². The molecule has 2 aromatic rings. The maximum Gasteiger partial charge on any atom is 0.190 e. The minimum absolute atomic E-state index is 0.225. The monoisotopic (exact) mass is 242 g/mol. The van der Waals surface area contributed by atoms with Crippen molar-refractivity contribution in [1.29, 1.82) is 5.26 Å². The van der Waals surface area contributed by atoms with Gasteiger partial charge in [-0.2, -0.15) is 5.26 Å². The maximum absolute atomic E-state index is 12.9. The average Bonchev–Trinajstić information content (AvgIpc) is 2.72. The van der Waals surface area contributed by atoms with Gasteiger partial charge in [0.25, 0.3) is 0 Å². The first kappa shape index (κ1) is 12.0. The van der Waals surface area contributed by atoms with Crippen molar-refractivity contribution in [3.05, 3.63) is 47.9 Å². The second-order valence-corrected chi connectivity index (χ2v) is 4.02. The predicted octanol–water partition coefficient (Wildman–Crippen LogP) is 2.53. The second kappa shape index (κ2) is 4.80. The molecule has 0 aliphatic heterocycles. The van der Waals surface area contributed by atoms with Gasteiger partial charge in [-0.15, -0.1) is 5.10 Å². The highest BCUT2D eigenvalue weighted by Crippen LogP contribution is 2.22. The number of rotatable bonds is 3. The Labute approximate surface area is 104 Å². The number of nitriles is 1. The first-order chi connectivity index (χ1) is 8.61. The molecule has 0 saturated heterocycles. The number of hydrogen-bond donors (Lipinski definition) is 0. The topological polar surface area (TPSA) is 54.5 Å². The first-order valence-electron chi connectivity index (χ1n) is 5.35. The Morgan fingerprint density at radius 2 is 2.11 bits per heavy atom. The van der Waals surface area contributed by atoms with E-state index in [4.69, 9.17) is 5.26 Å². The normalized spacial score (nSPS) is 10.1. The third-order valence-corrected chi connectivity index (χ3v) is 2.38. The zero-order valence-corrected chi connectivity index (χ0v) is 9.89. The molecule has 90 valence electrons. The number of benzene rings is 1. The van der Waals surface area contributed by atoms with Crippen LogP contribution in [0.5, 0.6) is 0 Å². The van der Waals surface area contributed by atoms with Crippen LogP contribution in [0.25, 0.3) is 11.3 Å². The van der Waals surface area contributed by atoms with E-state index in [1.54, 1.807) is 16.8 Å². The smallest absolute Gasteiger partial charge is 0.190 e. The fourth-order valence-electron chi connectivity index (χ4n) is 1.65. The van der Waals surface area contributed by atoms with Crippen LogP contribution in [-0.4, -0.2) is 15.0 Å². The van der Waals surface area contributed by atoms with Gasteiger partial charge in [-0.3, -0.25) is 0 Å². The number of nitrogens with zero attached hydrogens (tertiary/aromatic N) is 4. The van der Waals surface area contributed by atoms with Gasteiger partial charge in [-0.1, -0.05) is 17.4 Å². The molecule has 1 aromatic carbocycles. The molecule has 0 amide bonds. The van der Waals surface area contributed by atoms with E-state index in [2.05, 4.69) is 16.9 Å². The minimum Gasteiger partial charge on any atom is -0.239 e. The molecule has 1 heterocycles. The SMILES string of the molecule is C=C(C)Cn1nnc(C#N)c1-c1ccc(F)cc1. The van der Waals surface area contributed by atoms with E-state index in [1.165, 1.54) is 12.1 Å². The molecular weight excluding hydrogens is 231 g/mol. The van der Waals surface area contributed by atoms with Crippen LogP contribution in [0, 0.1) is 17.1 Å². The minimum atomic E-state index is -0.323. The molecule has 1 aromatic heterocycles. The summed E-state index contributed by atoms with van der Waals surface area (Å²) in [5, 5.41) is 16.7. The first-order valence-corrected chi connectivity index (χ1v) is 5.35. The predicted molar refractivity (Wildman–Crippen MR) is 64.9 cm³/mol. The zero-order valence-electron chi connectivity index (χ0n) is 9.89. The van der Waals surface area contributed by atoms with Crippen LogP contribution in [0.15, 0.2) is 36.4 Å². The van der Waals surface area contributed by atoms with Crippen LogP contribution in [0.1, 0.15) is 12.6 Å². The Bertz CT molecular complexity index is 619. The van der Waals surface area contributed by atoms with Crippen LogP contribution >= 0.6 is 0 Å². The molecule has 5 heteroatoms. The summed E-state index contributed by atoms with van der Waals surface area (Å²) in [7, 11) is 0. The van der Waals surface area contributed by atoms with Crippen molar-refractivity contribution >= 4 is 0 Å². The molecular formula is C13H11FN4. The van der Waals surface area contributed by atoms with E-state index in [9.17, 15) is 4.39 Å². The van der Waals surface area contributed by atoms with Gasteiger partial charge in [0.05, 0.1) is 6.54 Å². The Hall–Kier alpha value is -2.48. The molecule has 0 aliphatic carbocycles. The van der Waals surface area contributed by atoms with Crippen molar-refractivity contribution in [2.24, 2.45) is 0 Å². The van der Waals surface area contributed by atoms with E-state index < -0.39 is 0 Å². The molecule has 0 N–H and O–H groups in total. The lowest BCUT2D eigenvalue weighted by Gasteiger charge is -2.06. The number of aromatic nitrogens is 3. The number of hydrogen-bond acceptors (Lipinski definition) is 3. The molecule has 4 nitrogen and oxygen atoms in total. The van der Waals surface area contributed by atoms with E-state index in [1.807, 2.05) is 13.0 Å². The molecule has 2 rings (SSSR count). The van der Waals surface area contributed by atoms with Gasteiger partial charge >= 0.3 is 0 Å². The van der Waals surface area contributed by atoms with E-state index in [-0.39, 0.29) is 11.5 Å². The van der Waals surface area contributed by atoms with Gasteiger partial charge in [-0.05, 0) is 31.2 Å². The molecule has 0 fully saturated rings. The van der Waals surface area contributed by atoms with Crippen LogP contribution in [0.4, 0.5) is 4.39 Å². The summed E-state index contributed by atoms with van der Waals surface area (Å²) < 4.78 is 14.5. The molecule has 0 saturated carbocycles. The number of allylic oxidation sites excluding steroid dienone is 1. The summed E-state index contributed by atoms with van der Waals surface area (Å²) >= 11 is 0. The van der Waals surface area contributed by atoms with Crippen molar-refractivity contribution in [1.82, 2.24) is 15.0 Å². The van der Waals surface area contributed by atoms with E-state index in [0.29, 0.717) is 17.8 Å². The Balaban J connectivity index is 2.54. The van der Waals surface area contributed by atoms with E-state index in [0.717, 1.165) is 5.57 Å². The Kier molecular flexibility index (Phi) is 3.20. The molecule has 0 atom stereocenters. The van der Waals surface area contributed by atoms with Gasteiger partial charge in [0.2, 0.25) is 0 Å². The van der Waals surface area contributed by atoms with Crippen molar-refractivity contribution < 1.29 is 4.39 Å². The fraction of sp³-hybridized carbons (Fsp3) is 0.154. The van der Waals surface area contributed by atoms with Gasteiger partial charge in [0.15, 0.2) is 5.69 Å². The summed E-state index contributed by atoms with van der Waals surface area (Å²) in [5.41, 5.74) is 2.41. The second-order valence-electron chi connectivity index (χ2n) is 4.02. The standard InChI is InChI=1S/C13H11FN4/c1-9(2)8-18-13(12(7-15)16-17-18)10-3-5-11(14)6-4-10/h3-6H,1,8H2,2H3. The van der Waals surface area contributed by atoms with Crippen molar-refractivity contribution in [2.75, 3.05) is 0 Å². The highest BCUT2D eigenvalue weighted by atomic mass is 19.1. The highest BCUT2D eigenvalue weighted by Gasteiger charge is 2.14. The molecule has 0 unspecified atom stereocenters. The zero-order chi connectivity index (χ0) is 13.1. The number of halogens is 1. The maximum atomic E-state index is 12.9. The quantitative estimate of drug-likeness (QED) is 0.777. The van der Waals surface area contributed by atoms with Crippen LogP contribution in [0.3, 0.4) is 0 Å². The summed E-state index contributed by atoms with van der Waals surface area (Å²) in [6.07, 6.45) is 0. The fourth-order valence-corrected chi connectivity index (χ4v) is 1.65. The molecule has 0 bridgehead atoms. The summed E-state index contributed by atoms with van der Waals surface area (Å²) in [5.74, 6) is -0.323. The molecule has 18 heavy (non-hydrogen) atoms. The van der Waals surface area contributed by atoms with Gasteiger partial charge in [-0.25, -0.2) is 9.07 Å². The van der Waals surface area contributed by atoms with Gasteiger partial charge in [0, 0.05) is 5.56 Å². The Morgan fingerprint density at radius 1 is 1.44 bits per heavy atom. The lowest BCUT2D eigenvalue weighted by molar-refractivity contribution is 0.627. The van der Waals surface area contributed by atoms with E-state index >= 15 is 0 Å². The van der Waals surface area contributed by atoms with Crippen LogP contribution in [0.2, 0.25) is 0 Å². The summed E-state index contributed by atoms with van der Waals surface area (Å²) in [4.78, 5) is 0. The van der Waals surface area contributed by atoms with Crippen molar-refractivity contribution in [3.63, 3.8) is 0 Å². The lowest BCUT2D eigenvalue weighted by Crippen LogP contribution is -2.03. The third-order valence-electron chi connectivity index (χ3n) is 2.38. The average molecular weight is 242 g/mol. The van der Waals surface area contributed by atoms with Crippen molar-refractivity contribution in [3.8, 4) is 17.3 Å². The lowest BCUT2D eigenvalue weighted by atomic mass is 10.1. The Morgan fingerprint density at radius 3 is 2.67 bits per heavy atom. The molecule has 0 spiro atoms.